The number of hydrogen-bond donors (Lipinski definition) is 2. The Kier molecular flexibility index (Phi) is 2.52. The van der Waals surface area contributed by atoms with Crippen LogP contribution in [0.3, 0.4) is 0 Å². The van der Waals surface area contributed by atoms with Crippen LogP contribution in [-0.2, 0) is 11.2 Å². The zero-order valence-electron chi connectivity index (χ0n) is 8.64. The lowest BCUT2D eigenvalue weighted by atomic mass is 10.0. The van der Waals surface area contributed by atoms with Crippen molar-refractivity contribution in [1.29, 1.82) is 0 Å². The van der Waals surface area contributed by atoms with Crippen LogP contribution >= 0.6 is 0 Å². The Morgan fingerprint density at radius 3 is 2.56 bits per heavy atom. The van der Waals surface area contributed by atoms with Gasteiger partial charge in [0.2, 0.25) is 0 Å². The van der Waals surface area contributed by atoms with Crippen LogP contribution in [0.4, 0.5) is 0 Å². The monoisotopic (exact) mass is 220 g/mol. The number of aliphatic hydroxyl groups is 1. The quantitative estimate of drug-likeness (QED) is 0.587. The number of hydrogen-bond acceptors (Lipinski definition) is 3. The molecule has 0 atom stereocenters. The lowest BCUT2D eigenvalue weighted by Crippen LogP contribution is -2.14. The van der Waals surface area contributed by atoms with Gasteiger partial charge in [-0.3, -0.25) is 4.79 Å². The Morgan fingerprint density at radius 2 is 2.00 bits per heavy atom. The predicted molar refractivity (Wildman–Crippen MR) is 56.3 cm³/mol. The van der Waals surface area contributed by atoms with Crippen LogP contribution in [0, 0.1) is 0 Å². The molecule has 84 valence electrons. The molecule has 0 aromatic heterocycles. The summed E-state index contributed by atoms with van der Waals surface area (Å²) in [6, 6.07) is 6.43. The molecule has 1 fully saturated rings. The first-order valence-corrected chi connectivity index (χ1v) is 5.09. The first-order valence-electron chi connectivity index (χ1n) is 5.09. The molecule has 16 heavy (non-hydrogen) atoms. The fourth-order valence-electron chi connectivity index (χ4n) is 1.65. The highest BCUT2D eigenvalue weighted by Gasteiger charge is 2.40. The molecule has 0 aliphatic heterocycles. The summed E-state index contributed by atoms with van der Waals surface area (Å²) in [4.78, 5) is 21.7. The normalized spacial score (nSPS) is 16.8. The summed E-state index contributed by atoms with van der Waals surface area (Å²) >= 11 is 0. The van der Waals surface area contributed by atoms with Gasteiger partial charge >= 0.3 is 5.97 Å². The number of carboxylic acid groups (broad SMARTS) is 1. The third-order valence-electron chi connectivity index (χ3n) is 2.74. The van der Waals surface area contributed by atoms with E-state index >= 15 is 0 Å². The van der Waals surface area contributed by atoms with Crippen molar-refractivity contribution in [2.75, 3.05) is 0 Å². The molecule has 0 bridgehead atoms. The summed E-state index contributed by atoms with van der Waals surface area (Å²) in [5.41, 5.74) is 0.326. The Bertz CT molecular complexity index is 446. The second-order valence-corrected chi connectivity index (χ2v) is 4.24. The molecule has 1 aliphatic carbocycles. The highest BCUT2D eigenvalue weighted by molar-refractivity contribution is 6.39. The third-order valence-corrected chi connectivity index (χ3v) is 2.74. The van der Waals surface area contributed by atoms with Crippen LogP contribution in [0.25, 0.3) is 0 Å². The van der Waals surface area contributed by atoms with E-state index in [1.165, 1.54) is 12.1 Å². The molecule has 0 spiro atoms. The molecule has 0 heterocycles. The van der Waals surface area contributed by atoms with E-state index in [0.717, 1.165) is 18.4 Å². The first kappa shape index (κ1) is 10.8. The number of carbonyl (C=O) groups is 2. The van der Waals surface area contributed by atoms with Crippen molar-refractivity contribution in [2.45, 2.75) is 24.9 Å². The molecule has 0 radical (unpaired) electrons. The minimum Gasteiger partial charge on any atom is -0.475 e. The zero-order valence-corrected chi connectivity index (χ0v) is 8.64. The van der Waals surface area contributed by atoms with E-state index in [4.69, 9.17) is 5.11 Å². The molecular weight excluding hydrogens is 208 g/mol. The van der Waals surface area contributed by atoms with Crippen LogP contribution < -0.4 is 0 Å². The van der Waals surface area contributed by atoms with Gasteiger partial charge in [0.1, 0.15) is 0 Å². The van der Waals surface area contributed by atoms with Crippen LogP contribution in [0.2, 0.25) is 0 Å². The van der Waals surface area contributed by atoms with E-state index < -0.39 is 17.4 Å². The van der Waals surface area contributed by atoms with E-state index in [1.54, 1.807) is 12.1 Å². The summed E-state index contributed by atoms with van der Waals surface area (Å²) in [6.07, 6.45) is 2.02. The minimum atomic E-state index is -1.46. The van der Waals surface area contributed by atoms with Gasteiger partial charge in [-0.15, -0.1) is 0 Å². The average Bonchev–Trinajstić information content (AvgIpc) is 2.95. The summed E-state index contributed by atoms with van der Waals surface area (Å²) in [5, 5.41) is 18.3. The highest BCUT2D eigenvalue weighted by Crippen LogP contribution is 2.38. The van der Waals surface area contributed by atoms with Crippen molar-refractivity contribution in [3.63, 3.8) is 0 Å². The molecule has 0 saturated heterocycles. The minimum absolute atomic E-state index is 0.161. The van der Waals surface area contributed by atoms with Gasteiger partial charge in [-0.05, 0) is 24.5 Å². The molecule has 0 amide bonds. The Morgan fingerprint density at radius 1 is 1.31 bits per heavy atom. The number of Topliss-reactive ketones (excluding diaryl/α,β-unsaturated/α-hetero) is 1. The van der Waals surface area contributed by atoms with Crippen LogP contribution in [0.5, 0.6) is 0 Å². The van der Waals surface area contributed by atoms with Gasteiger partial charge in [0, 0.05) is 12.0 Å². The topological polar surface area (TPSA) is 74.6 Å². The van der Waals surface area contributed by atoms with Gasteiger partial charge < -0.3 is 10.2 Å². The van der Waals surface area contributed by atoms with E-state index in [0.29, 0.717) is 6.42 Å². The number of rotatable bonds is 4. The number of carbonyl (C=O) groups excluding carboxylic acids is 1. The highest BCUT2D eigenvalue weighted by atomic mass is 16.4. The SMILES string of the molecule is O=C(O)C(=O)c1cccc(CC2(O)CC2)c1. The van der Waals surface area contributed by atoms with E-state index in [1.807, 2.05) is 0 Å². The van der Waals surface area contributed by atoms with Gasteiger partial charge in [0.15, 0.2) is 0 Å². The standard InChI is InChI=1S/C12H12O4/c13-10(11(14)15)9-3-1-2-8(6-9)7-12(16)4-5-12/h1-3,6,16H,4-5,7H2,(H,14,15). The Balaban J connectivity index is 2.19. The average molecular weight is 220 g/mol. The van der Waals surface area contributed by atoms with Gasteiger partial charge in [-0.25, -0.2) is 4.79 Å². The predicted octanol–water partition coefficient (Wildman–Crippen LogP) is 1.02. The van der Waals surface area contributed by atoms with Crippen LogP contribution in [0.1, 0.15) is 28.8 Å². The first-order chi connectivity index (χ1) is 7.50. The van der Waals surface area contributed by atoms with Crippen molar-refractivity contribution in [3.8, 4) is 0 Å². The molecule has 4 heteroatoms. The molecular formula is C12H12O4. The maximum absolute atomic E-state index is 11.2. The van der Waals surface area contributed by atoms with E-state index in [2.05, 4.69) is 0 Å². The second-order valence-electron chi connectivity index (χ2n) is 4.24. The van der Waals surface area contributed by atoms with Crippen LogP contribution in [0.15, 0.2) is 24.3 Å². The molecule has 1 aliphatic rings. The van der Waals surface area contributed by atoms with Crippen molar-refractivity contribution >= 4 is 11.8 Å². The second kappa shape index (κ2) is 3.72. The fraction of sp³-hybridized carbons (Fsp3) is 0.333. The van der Waals surface area contributed by atoms with Crippen molar-refractivity contribution < 1.29 is 19.8 Å². The molecule has 1 aromatic rings. The lowest BCUT2D eigenvalue weighted by Gasteiger charge is -2.07. The number of carboxylic acids is 1. The van der Waals surface area contributed by atoms with Gasteiger partial charge in [-0.2, -0.15) is 0 Å². The Hall–Kier alpha value is -1.68. The molecule has 0 unspecified atom stereocenters. The summed E-state index contributed by atoms with van der Waals surface area (Å²) in [6.45, 7) is 0. The maximum Gasteiger partial charge on any atom is 0.377 e. The van der Waals surface area contributed by atoms with Gasteiger partial charge in [0.05, 0.1) is 5.60 Å². The molecule has 2 N–H and O–H groups in total. The molecule has 1 aromatic carbocycles. The fourth-order valence-corrected chi connectivity index (χ4v) is 1.65. The smallest absolute Gasteiger partial charge is 0.377 e. The third kappa shape index (κ3) is 2.28. The molecule has 2 rings (SSSR count). The number of ketones is 1. The lowest BCUT2D eigenvalue weighted by molar-refractivity contribution is -0.131. The largest absolute Gasteiger partial charge is 0.475 e. The van der Waals surface area contributed by atoms with E-state index in [9.17, 15) is 14.7 Å². The Labute approximate surface area is 92.5 Å². The maximum atomic E-state index is 11.2. The van der Waals surface area contributed by atoms with Crippen molar-refractivity contribution in [1.82, 2.24) is 0 Å². The summed E-state index contributed by atoms with van der Waals surface area (Å²) < 4.78 is 0. The zero-order chi connectivity index (χ0) is 11.8. The summed E-state index contributed by atoms with van der Waals surface area (Å²) in [5.74, 6) is -2.37. The van der Waals surface area contributed by atoms with Crippen molar-refractivity contribution in [2.24, 2.45) is 0 Å². The van der Waals surface area contributed by atoms with Gasteiger partial charge in [-0.1, -0.05) is 18.2 Å². The molecule has 1 saturated carbocycles. The number of benzene rings is 1. The molecule has 4 nitrogen and oxygen atoms in total. The number of aliphatic carboxylic acids is 1. The summed E-state index contributed by atoms with van der Waals surface area (Å²) in [7, 11) is 0. The van der Waals surface area contributed by atoms with Crippen LogP contribution in [-0.4, -0.2) is 27.6 Å². The van der Waals surface area contributed by atoms with E-state index in [-0.39, 0.29) is 5.56 Å². The van der Waals surface area contributed by atoms with Crippen molar-refractivity contribution in [3.05, 3.63) is 35.4 Å². The van der Waals surface area contributed by atoms with Gasteiger partial charge in [0.25, 0.3) is 5.78 Å².